The zero-order valence-corrected chi connectivity index (χ0v) is 13.9. The SMILES string of the molecule is O=C(NC1CN2CCC1C2)c1cc2c(C#CC(F)(F)F)csc2cn1. The minimum Gasteiger partial charge on any atom is -0.346 e. The van der Waals surface area contributed by atoms with E-state index < -0.39 is 6.18 Å². The number of fused-ring (bicyclic) bond motifs is 3. The lowest BCUT2D eigenvalue weighted by Gasteiger charge is -2.22. The van der Waals surface area contributed by atoms with Crippen LogP contribution < -0.4 is 5.32 Å². The molecule has 1 amide bonds. The Hall–Kier alpha value is -2.11. The van der Waals surface area contributed by atoms with Gasteiger partial charge in [0.15, 0.2) is 0 Å². The standard InChI is InChI=1S/C17H14F3N3OS/c18-17(19,20)3-1-11-9-25-15-6-21-13(5-12(11)15)16(24)22-14-8-23-4-2-10(14)7-23/h5-6,9-10,14H,2,4,7-8H2,(H,22,24). The van der Waals surface area contributed by atoms with Gasteiger partial charge in [0.2, 0.25) is 0 Å². The number of carbonyl (C=O) groups is 1. The Morgan fingerprint density at radius 3 is 2.92 bits per heavy atom. The predicted molar refractivity (Wildman–Crippen MR) is 88.4 cm³/mol. The molecule has 0 spiro atoms. The molecule has 2 aliphatic rings. The minimum absolute atomic E-state index is 0.116. The first-order chi connectivity index (χ1) is 11.9. The van der Waals surface area contributed by atoms with Crippen LogP contribution in [0.25, 0.3) is 10.1 Å². The quantitative estimate of drug-likeness (QED) is 0.833. The molecular formula is C17H14F3N3OS. The largest absolute Gasteiger partial charge is 0.458 e. The fraction of sp³-hybridized carbons (Fsp3) is 0.412. The molecule has 2 aromatic heterocycles. The average molecular weight is 365 g/mol. The van der Waals surface area contributed by atoms with Gasteiger partial charge < -0.3 is 10.2 Å². The molecule has 0 saturated carbocycles. The fourth-order valence-corrected chi connectivity index (χ4v) is 4.32. The highest BCUT2D eigenvalue weighted by molar-refractivity contribution is 7.17. The van der Waals surface area contributed by atoms with Gasteiger partial charge in [-0.2, -0.15) is 13.2 Å². The third-order valence-corrected chi connectivity index (χ3v) is 5.61. The summed E-state index contributed by atoms with van der Waals surface area (Å²) in [7, 11) is 0. The number of halogens is 3. The first-order valence-corrected chi connectivity index (χ1v) is 8.77. The highest BCUT2D eigenvalue weighted by Crippen LogP contribution is 2.29. The lowest BCUT2D eigenvalue weighted by Crippen LogP contribution is -2.43. The van der Waals surface area contributed by atoms with Gasteiger partial charge in [-0.05, 0) is 24.9 Å². The summed E-state index contributed by atoms with van der Waals surface area (Å²) >= 11 is 1.26. The van der Waals surface area contributed by atoms with Crippen molar-refractivity contribution in [2.75, 3.05) is 19.6 Å². The van der Waals surface area contributed by atoms with Gasteiger partial charge in [0.25, 0.3) is 5.91 Å². The molecule has 0 aromatic carbocycles. The molecule has 0 aliphatic carbocycles. The smallest absolute Gasteiger partial charge is 0.346 e. The topological polar surface area (TPSA) is 45.2 Å². The van der Waals surface area contributed by atoms with E-state index in [4.69, 9.17) is 0 Å². The molecule has 3 atom stereocenters. The number of rotatable bonds is 2. The molecule has 3 unspecified atom stereocenters. The second kappa shape index (κ2) is 6.00. The van der Waals surface area contributed by atoms with Crippen LogP contribution in [-0.4, -0.2) is 47.6 Å². The number of thiophene rings is 1. The molecule has 4 nitrogen and oxygen atoms in total. The molecule has 4 rings (SSSR count). The summed E-state index contributed by atoms with van der Waals surface area (Å²) in [5.41, 5.74) is 0.471. The maximum atomic E-state index is 12.5. The van der Waals surface area contributed by atoms with E-state index in [2.05, 4.69) is 21.1 Å². The van der Waals surface area contributed by atoms with Crippen molar-refractivity contribution < 1.29 is 18.0 Å². The number of alkyl halides is 3. The van der Waals surface area contributed by atoms with E-state index in [0.717, 1.165) is 26.1 Å². The van der Waals surface area contributed by atoms with Crippen molar-refractivity contribution in [3.63, 3.8) is 0 Å². The minimum atomic E-state index is -4.54. The van der Waals surface area contributed by atoms with Crippen LogP contribution >= 0.6 is 11.3 Å². The summed E-state index contributed by atoms with van der Waals surface area (Å²) in [5, 5.41) is 5.08. The molecule has 1 N–H and O–H groups in total. The van der Waals surface area contributed by atoms with Crippen LogP contribution in [0.15, 0.2) is 17.6 Å². The zero-order valence-electron chi connectivity index (χ0n) is 13.1. The maximum absolute atomic E-state index is 12.5. The van der Waals surface area contributed by atoms with Gasteiger partial charge in [0, 0.05) is 47.6 Å². The Kier molecular flexibility index (Phi) is 3.93. The zero-order chi connectivity index (χ0) is 17.6. The number of amides is 1. The van der Waals surface area contributed by atoms with Crippen molar-refractivity contribution >= 4 is 27.3 Å². The van der Waals surface area contributed by atoms with Gasteiger partial charge in [-0.15, -0.1) is 11.3 Å². The number of hydrogen-bond acceptors (Lipinski definition) is 4. The maximum Gasteiger partial charge on any atom is 0.458 e. The molecule has 0 radical (unpaired) electrons. The molecule has 4 heterocycles. The van der Waals surface area contributed by atoms with Crippen molar-refractivity contribution in [2.24, 2.45) is 5.92 Å². The average Bonchev–Trinajstić information content (AvgIpc) is 3.26. The van der Waals surface area contributed by atoms with Crippen LogP contribution in [-0.2, 0) is 0 Å². The highest BCUT2D eigenvalue weighted by Gasteiger charge is 2.38. The van der Waals surface area contributed by atoms with E-state index in [1.54, 1.807) is 5.38 Å². The monoisotopic (exact) mass is 365 g/mol. The molecule has 2 saturated heterocycles. The van der Waals surface area contributed by atoms with E-state index in [1.807, 2.05) is 0 Å². The van der Waals surface area contributed by atoms with Gasteiger partial charge in [-0.25, -0.2) is 4.98 Å². The summed E-state index contributed by atoms with van der Waals surface area (Å²) in [6.07, 6.45) is -1.95. The molecule has 2 aromatic rings. The Morgan fingerprint density at radius 2 is 2.24 bits per heavy atom. The third-order valence-electron chi connectivity index (χ3n) is 4.68. The van der Waals surface area contributed by atoms with Gasteiger partial charge in [0.05, 0.1) is 4.70 Å². The normalized spacial score (nSPS) is 25.0. The van der Waals surface area contributed by atoms with Crippen LogP contribution in [0.3, 0.4) is 0 Å². The van der Waals surface area contributed by atoms with Crippen molar-refractivity contribution in [3.05, 3.63) is 28.9 Å². The van der Waals surface area contributed by atoms with E-state index in [9.17, 15) is 18.0 Å². The third kappa shape index (κ3) is 3.34. The number of hydrogen-bond donors (Lipinski definition) is 1. The molecular weight excluding hydrogens is 351 g/mol. The Labute approximate surface area is 146 Å². The number of pyridine rings is 1. The summed E-state index contributed by atoms with van der Waals surface area (Å²) in [6.45, 7) is 2.94. The van der Waals surface area contributed by atoms with Crippen molar-refractivity contribution in [1.82, 2.24) is 15.2 Å². The lowest BCUT2D eigenvalue weighted by molar-refractivity contribution is -0.0696. The molecule has 25 heavy (non-hydrogen) atoms. The highest BCUT2D eigenvalue weighted by atomic mass is 32.1. The Morgan fingerprint density at radius 1 is 1.40 bits per heavy atom. The molecule has 2 bridgehead atoms. The lowest BCUT2D eigenvalue weighted by atomic mass is 10.00. The predicted octanol–water partition coefficient (Wildman–Crippen LogP) is 2.64. The number of piperidine rings is 1. The second-order valence-electron chi connectivity index (χ2n) is 6.35. The van der Waals surface area contributed by atoms with Gasteiger partial charge >= 0.3 is 6.18 Å². The number of aromatic nitrogens is 1. The molecule has 2 aliphatic heterocycles. The van der Waals surface area contributed by atoms with Gasteiger partial charge in [-0.3, -0.25) is 4.79 Å². The second-order valence-corrected chi connectivity index (χ2v) is 7.26. The van der Waals surface area contributed by atoms with Crippen molar-refractivity contribution in [3.8, 4) is 11.8 Å². The van der Waals surface area contributed by atoms with Crippen molar-refractivity contribution in [1.29, 1.82) is 0 Å². The first kappa shape index (κ1) is 16.4. The van der Waals surface area contributed by atoms with E-state index in [0.29, 0.717) is 16.0 Å². The van der Waals surface area contributed by atoms with E-state index in [1.165, 1.54) is 29.5 Å². The molecule has 2 fully saturated rings. The van der Waals surface area contributed by atoms with Crippen LogP contribution in [0.4, 0.5) is 13.2 Å². The number of nitrogens with one attached hydrogen (secondary N) is 1. The summed E-state index contributed by atoms with van der Waals surface area (Å²) < 4.78 is 37.6. The van der Waals surface area contributed by atoms with Crippen LogP contribution in [0.1, 0.15) is 22.5 Å². The number of nitrogens with zero attached hydrogens (tertiary/aromatic N) is 2. The Bertz CT molecular complexity index is 896. The Balaban J connectivity index is 1.57. The number of carbonyl (C=O) groups excluding carboxylic acids is 1. The van der Waals surface area contributed by atoms with Crippen molar-refractivity contribution in [2.45, 2.75) is 18.6 Å². The molecule has 130 valence electrons. The fourth-order valence-electron chi connectivity index (χ4n) is 3.48. The van der Waals surface area contributed by atoms with Crippen LogP contribution in [0.5, 0.6) is 0 Å². The van der Waals surface area contributed by atoms with Gasteiger partial charge in [0.1, 0.15) is 5.69 Å². The summed E-state index contributed by atoms with van der Waals surface area (Å²) in [5.74, 6) is 3.59. The van der Waals surface area contributed by atoms with E-state index >= 15 is 0 Å². The summed E-state index contributed by atoms with van der Waals surface area (Å²) in [4.78, 5) is 18.9. The van der Waals surface area contributed by atoms with Crippen LogP contribution in [0.2, 0.25) is 0 Å². The van der Waals surface area contributed by atoms with Crippen LogP contribution in [0, 0.1) is 17.8 Å². The first-order valence-electron chi connectivity index (χ1n) is 7.89. The van der Waals surface area contributed by atoms with E-state index in [-0.39, 0.29) is 23.2 Å². The summed E-state index contributed by atoms with van der Waals surface area (Å²) in [6, 6.07) is 1.64. The molecule has 8 heteroatoms. The van der Waals surface area contributed by atoms with Gasteiger partial charge in [-0.1, -0.05) is 5.92 Å².